The van der Waals surface area contributed by atoms with Gasteiger partial charge < -0.3 is 4.74 Å². The van der Waals surface area contributed by atoms with Crippen LogP contribution < -0.4 is 16.4 Å². The van der Waals surface area contributed by atoms with E-state index >= 15 is 0 Å². The van der Waals surface area contributed by atoms with Crippen LogP contribution in [0.4, 0.5) is 0 Å². The molecule has 0 saturated carbocycles. The number of nitrogens with one attached hydrogen (secondary N) is 2. The van der Waals surface area contributed by atoms with E-state index < -0.39 is 23.9 Å². The molecule has 2 N–H and O–H groups in total. The van der Waals surface area contributed by atoms with E-state index in [9.17, 15) is 19.2 Å². The minimum absolute atomic E-state index is 0.00175. The number of esters is 1. The highest BCUT2D eigenvalue weighted by Crippen LogP contribution is 2.31. The number of fused-ring (bicyclic) bond motifs is 2. The SMILES string of the molecule is Cn1nc(C(=O)NNC(=O)c2ccc3c(c2)CC(c2ccccc2)OC3=O)c2ccccc2c1=O. The number of carbonyl (C=O) groups is 3. The fourth-order valence-electron chi connectivity index (χ4n) is 4.10. The Morgan fingerprint density at radius 3 is 2.37 bits per heavy atom. The maximum Gasteiger partial charge on any atom is 0.339 e. The first-order valence-corrected chi connectivity index (χ1v) is 10.9. The summed E-state index contributed by atoms with van der Waals surface area (Å²) in [6, 6.07) is 20.6. The Morgan fingerprint density at radius 1 is 0.914 bits per heavy atom. The van der Waals surface area contributed by atoms with E-state index in [0.29, 0.717) is 28.3 Å². The van der Waals surface area contributed by atoms with Crippen molar-refractivity contribution in [3.05, 3.63) is 111 Å². The average molecular weight is 468 g/mol. The first-order chi connectivity index (χ1) is 16.9. The van der Waals surface area contributed by atoms with Crippen LogP contribution in [0.2, 0.25) is 0 Å². The number of rotatable bonds is 3. The Kier molecular flexibility index (Phi) is 5.58. The summed E-state index contributed by atoms with van der Waals surface area (Å²) in [6.45, 7) is 0. The molecule has 9 heteroatoms. The first-order valence-electron chi connectivity index (χ1n) is 10.9. The minimum Gasteiger partial charge on any atom is -0.454 e. The van der Waals surface area contributed by atoms with Gasteiger partial charge in [0, 0.05) is 24.4 Å². The zero-order valence-electron chi connectivity index (χ0n) is 18.6. The number of hydrazine groups is 1. The van der Waals surface area contributed by atoms with Gasteiger partial charge in [-0.2, -0.15) is 5.10 Å². The van der Waals surface area contributed by atoms with Gasteiger partial charge in [-0.15, -0.1) is 0 Å². The summed E-state index contributed by atoms with van der Waals surface area (Å²) in [5, 5.41) is 4.76. The molecule has 2 amide bonds. The Labute approximate surface area is 199 Å². The van der Waals surface area contributed by atoms with Crippen molar-refractivity contribution in [2.75, 3.05) is 0 Å². The van der Waals surface area contributed by atoms with Crippen LogP contribution in [0.25, 0.3) is 10.8 Å². The van der Waals surface area contributed by atoms with Crippen molar-refractivity contribution >= 4 is 28.6 Å². The molecule has 0 spiro atoms. The second kappa shape index (κ2) is 8.86. The lowest BCUT2D eigenvalue weighted by molar-refractivity contribution is 0.0252. The van der Waals surface area contributed by atoms with Crippen LogP contribution in [0, 0.1) is 0 Å². The Morgan fingerprint density at radius 2 is 1.60 bits per heavy atom. The molecule has 1 unspecified atom stereocenters. The zero-order chi connectivity index (χ0) is 24.5. The third-order valence-corrected chi connectivity index (χ3v) is 5.87. The summed E-state index contributed by atoms with van der Waals surface area (Å²) in [4.78, 5) is 50.3. The van der Waals surface area contributed by atoms with Crippen LogP contribution >= 0.6 is 0 Å². The lowest BCUT2D eigenvalue weighted by Crippen LogP contribution is -2.42. The molecule has 9 nitrogen and oxygen atoms in total. The summed E-state index contributed by atoms with van der Waals surface area (Å²) < 4.78 is 6.63. The highest BCUT2D eigenvalue weighted by molar-refractivity contribution is 6.06. The molecule has 0 saturated heterocycles. The molecular formula is C26H20N4O5. The van der Waals surface area contributed by atoms with Crippen molar-refractivity contribution in [1.82, 2.24) is 20.6 Å². The molecule has 1 aromatic heterocycles. The molecule has 0 fully saturated rings. The van der Waals surface area contributed by atoms with Gasteiger partial charge in [-0.05, 0) is 35.4 Å². The maximum absolute atomic E-state index is 12.8. The number of amides is 2. The van der Waals surface area contributed by atoms with E-state index in [4.69, 9.17) is 4.74 Å². The van der Waals surface area contributed by atoms with Gasteiger partial charge in [-0.25, -0.2) is 9.48 Å². The van der Waals surface area contributed by atoms with Gasteiger partial charge in [0.25, 0.3) is 17.4 Å². The Balaban J connectivity index is 1.34. The van der Waals surface area contributed by atoms with Gasteiger partial charge in [0.05, 0.1) is 10.9 Å². The third-order valence-electron chi connectivity index (χ3n) is 5.87. The van der Waals surface area contributed by atoms with Crippen LogP contribution in [0.3, 0.4) is 0 Å². The monoisotopic (exact) mass is 468 g/mol. The van der Waals surface area contributed by atoms with Crippen LogP contribution in [0.5, 0.6) is 0 Å². The summed E-state index contributed by atoms with van der Waals surface area (Å²) >= 11 is 0. The largest absolute Gasteiger partial charge is 0.454 e. The summed E-state index contributed by atoms with van der Waals surface area (Å²) in [5.41, 5.74) is 6.61. The molecule has 5 rings (SSSR count). The number of nitrogens with zero attached hydrogens (tertiary/aromatic N) is 2. The normalized spacial score (nSPS) is 14.7. The topological polar surface area (TPSA) is 119 Å². The predicted octanol–water partition coefficient (Wildman–Crippen LogP) is 2.46. The second-order valence-corrected chi connectivity index (χ2v) is 8.11. The van der Waals surface area contributed by atoms with Crippen molar-refractivity contribution in [2.45, 2.75) is 12.5 Å². The van der Waals surface area contributed by atoms with E-state index in [-0.39, 0.29) is 16.8 Å². The first kappa shape index (κ1) is 22.0. The van der Waals surface area contributed by atoms with Gasteiger partial charge in [-0.3, -0.25) is 25.2 Å². The number of ether oxygens (including phenoxy) is 1. The van der Waals surface area contributed by atoms with E-state index in [1.165, 1.54) is 19.2 Å². The van der Waals surface area contributed by atoms with Gasteiger partial charge in [-0.1, -0.05) is 48.5 Å². The number of aryl methyl sites for hydroxylation is 1. The summed E-state index contributed by atoms with van der Waals surface area (Å²) in [7, 11) is 1.45. The van der Waals surface area contributed by atoms with E-state index in [0.717, 1.165) is 10.2 Å². The van der Waals surface area contributed by atoms with Crippen LogP contribution in [-0.2, 0) is 18.2 Å². The second-order valence-electron chi connectivity index (χ2n) is 8.11. The molecule has 4 aromatic rings. The van der Waals surface area contributed by atoms with E-state index in [1.807, 2.05) is 30.3 Å². The van der Waals surface area contributed by atoms with Gasteiger partial charge in [0.15, 0.2) is 5.69 Å². The number of hydrogen-bond donors (Lipinski definition) is 2. The average Bonchev–Trinajstić information content (AvgIpc) is 2.89. The van der Waals surface area contributed by atoms with Crippen molar-refractivity contribution in [2.24, 2.45) is 7.05 Å². The lowest BCUT2D eigenvalue weighted by atomic mass is 9.93. The van der Waals surface area contributed by atoms with Crippen molar-refractivity contribution in [3.8, 4) is 0 Å². The molecule has 0 bridgehead atoms. The van der Waals surface area contributed by atoms with Crippen LogP contribution in [-0.4, -0.2) is 27.6 Å². The summed E-state index contributed by atoms with van der Waals surface area (Å²) in [5.74, 6) is -1.69. The quantitative estimate of drug-likeness (QED) is 0.352. The van der Waals surface area contributed by atoms with Crippen LogP contribution in [0.1, 0.15) is 48.4 Å². The number of benzene rings is 3. The van der Waals surface area contributed by atoms with E-state index in [2.05, 4.69) is 16.0 Å². The fraction of sp³-hybridized carbons (Fsp3) is 0.115. The maximum atomic E-state index is 12.8. The third kappa shape index (κ3) is 4.15. The molecule has 0 radical (unpaired) electrons. The van der Waals surface area contributed by atoms with E-state index in [1.54, 1.807) is 30.3 Å². The van der Waals surface area contributed by atoms with Gasteiger partial charge in [0.1, 0.15) is 6.10 Å². The molecule has 1 atom stereocenters. The van der Waals surface area contributed by atoms with Gasteiger partial charge >= 0.3 is 5.97 Å². The van der Waals surface area contributed by atoms with Crippen LogP contribution in [0.15, 0.2) is 77.6 Å². The Bertz CT molecular complexity index is 1540. The fourth-order valence-corrected chi connectivity index (χ4v) is 4.10. The predicted molar refractivity (Wildman–Crippen MR) is 127 cm³/mol. The van der Waals surface area contributed by atoms with Gasteiger partial charge in [0.2, 0.25) is 0 Å². The molecule has 1 aliphatic rings. The highest BCUT2D eigenvalue weighted by Gasteiger charge is 2.28. The number of aromatic nitrogens is 2. The van der Waals surface area contributed by atoms with Crippen molar-refractivity contribution in [3.63, 3.8) is 0 Å². The summed E-state index contributed by atoms with van der Waals surface area (Å²) in [6.07, 6.45) is -0.0229. The Hall–Kier alpha value is -4.79. The lowest BCUT2D eigenvalue weighted by Gasteiger charge is -2.25. The molecule has 1 aliphatic heterocycles. The molecule has 0 aliphatic carbocycles. The molecule has 3 aromatic carbocycles. The molecule has 2 heterocycles. The zero-order valence-corrected chi connectivity index (χ0v) is 18.6. The highest BCUT2D eigenvalue weighted by atomic mass is 16.5. The number of cyclic esters (lactones) is 1. The van der Waals surface area contributed by atoms with Crippen molar-refractivity contribution in [1.29, 1.82) is 0 Å². The molecular weight excluding hydrogens is 448 g/mol. The molecule has 35 heavy (non-hydrogen) atoms. The van der Waals surface area contributed by atoms with Crippen molar-refractivity contribution < 1.29 is 19.1 Å². The number of hydrogen-bond acceptors (Lipinski definition) is 6. The minimum atomic E-state index is -0.671. The molecule has 174 valence electrons. The smallest absolute Gasteiger partial charge is 0.339 e. The standard InChI is InChI=1S/C26H20N4O5/c1-30-25(33)20-10-6-5-9-19(20)22(29-30)24(32)28-27-23(31)16-11-12-18-17(13-16)14-21(35-26(18)34)15-7-3-2-4-8-15/h2-13,21H,14H2,1H3,(H,27,31)(H,28,32). The number of carbonyl (C=O) groups excluding carboxylic acids is 3.